The van der Waals surface area contributed by atoms with Gasteiger partial charge in [-0.3, -0.25) is 14.4 Å². The third-order valence-electron chi connectivity index (χ3n) is 4.69. The van der Waals surface area contributed by atoms with Crippen LogP contribution in [0.3, 0.4) is 0 Å². The zero-order valence-corrected chi connectivity index (χ0v) is 16.9. The predicted molar refractivity (Wildman–Crippen MR) is 101 cm³/mol. The van der Waals surface area contributed by atoms with Crippen LogP contribution < -0.4 is 0 Å². The molecule has 2 aliphatic rings. The van der Waals surface area contributed by atoms with E-state index in [4.69, 9.17) is 4.74 Å². The third-order valence-corrected chi connectivity index (χ3v) is 6.10. The Morgan fingerprint density at radius 3 is 1.96 bits per heavy atom. The lowest BCUT2D eigenvalue weighted by atomic mass is 9.98. The van der Waals surface area contributed by atoms with Gasteiger partial charge in [-0.15, -0.1) is 11.3 Å². The van der Waals surface area contributed by atoms with E-state index in [1.54, 1.807) is 11.1 Å². The van der Waals surface area contributed by atoms with Crippen LogP contribution in [-0.4, -0.2) is 89.9 Å². The maximum absolute atomic E-state index is 12.7. The Balaban J connectivity index is 1.55. The summed E-state index contributed by atoms with van der Waals surface area (Å²) in [4.78, 5) is 47.2. The number of carbonyl (C=O) groups excluding carboxylic acids is 3. The van der Waals surface area contributed by atoms with E-state index in [1.165, 1.54) is 21.1 Å². The Morgan fingerprint density at radius 1 is 0.926 bits per heavy atom. The fraction of sp³-hybridized carbons (Fsp3) is 0.667. The number of carbonyl (C=O) groups is 3. The van der Waals surface area contributed by atoms with Crippen molar-refractivity contribution in [1.82, 2.24) is 19.7 Å². The van der Waals surface area contributed by atoms with Crippen molar-refractivity contribution in [3.8, 4) is 0 Å². The van der Waals surface area contributed by atoms with Crippen molar-refractivity contribution >= 4 is 29.1 Å². The number of nitrogens with zero attached hydrogens (tertiary/aromatic N) is 4. The molecule has 1 aromatic heterocycles. The van der Waals surface area contributed by atoms with Crippen molar-refractivity contribution in [2.75, 3.05) is 52.5 Å². The lowest BCUT2D eigenvalue weighted by Gasteiger charge is -2.35. The zero-order chi connectivity index (χ0) is 19.6. The van der Waals surface area contributed by atoms with E-state index in [-0.39, 0.29) is 11.3 Å². The molecule has 2 aliphatic heterocycles. The first-order valence-corrected chi connectivity index (χ1v) is 10.0. The SMILES string of the molecule is CC(C)(C)c1ncc(C(=O)N2CCN(C(=O)C(=O)N3CCOCC3)CC2)s1. The van der Waals surface area contributed by atoms with Crippen molar-refractivity contribution in [3.63, 3.8) is 0 Å². The maximum atomic E-state index is 12.7. The van der Waals surface area contributed by atoms with Gasteiger partial charge < -0.3 is 19.4 Å². The summed E-state index contributed by atoms with van der Waals surface area (Å²) >= 11 is 1.42. The first-order valence-electron chi connectivity index (χ1n) is 9.19. The second-order valence-corrected chi connectivity index (χ2v) is 8.80. The molecule has 0 N–H and O–H groups in total. The molecule has 0 atom stereocenters. The number of thiazole rings is 1. The highest BCUT2D eigenvalue weighted by Gasteiger charge is 2.32. The molecule has 0 unspecified atom stereocenters. The Morgan fingerprint density at radius 2 is 1.44 bits per heavy atom. The fourth-order valence-corrected chi connectivity index (χ4v) is 3.97. The minimum absolute atomic E-state index is 0.0606. The van der Waals surface area contributed by atoms with Crippen molar-refractivity contribution in [2.45, 2.75) is 26.2 Å². The number of morpholine rings is 1. The van der Waals surface area contributed by atoms with Gasteiger partial charge in [0.15, 0.2) is 0 Å². The maximum Gasteiger partial charge on any atom is 0.312 e. The van der Waals surface area contributed by atoms with E-state index in [9.17, 15) is 14.4 Å². The van der Waals surface area contributed by atoms with Crippen LogP contribution in [0.25, 0.3) is 0 Å². The molecule has 3 amide bonds. The molecule has 0 spiro atoms. The van der Waals surface area contributed by atoms with Crippen molar-refractivity contribution in [3.05, 3.63) is 16.1 Å². The molecule has 3 rings (SSSR count). The summed E-state index contributed by atoms with van der Waals surface area (Å²) in [5, 5.41) is 0.927. The molecular formula is C18H26N4O4S. The highest BCUT2D eigenvalue weighted by Crippen LogP contribution is 2.27. The first-order chi connectivity index (χ1) is 12.8. The van der Waals surface area contributed by atoms with E-state index in [0.717, 1.165) is 5.01 Å². The fourth-order valence-electron chi connectivity index (χ4n) is 3.03. The minimum atomic E-state index is -0.489. The number of rotatable bonds is 1. The van der Waals surface area contributed by atoms with Crippen LogP contribution in [-0.2, 0) is 19.7 Å². The van der Waals surface area contributed by atoms with Gasteiger partial charge >= 0.3 is 11.8 Å². The molecule has 0 bridgehead atoms. The lowest BCUT2D eigenvalue weighted by Crippen LogP contribution is -2.55. The molecule has 148 valence electrons. The van der Waals surface area contributed by atoms with Gasteiger partial charge in [0.1, 0.15) is 4.88 Å². The number of aromatic nitrogens is 1. The summed E-state index contributed by atoms with van der Waals surface area (Å²) in [5.41, 5.74) is -0.0891. The number of amides is 3. The number of piperazine rings is 1. The van der Waals surface area contributed by atoms with Crippen LogP contribution in [0.4, 0.5) is 0 Å². The van der Waals surface area contributed by atoms with Gasteiger partial charge in [0.2, 0.25) is 0 Å². The molecule has 9 heteroatoms. The van der Waals surface area contributed by atoms with Crippen LogP contribution in [0.1, 0.15) is 35.5 Å². The lowest BCUT2D eigenvalue weighted by molar-refractivity contribution is -0.154. The Kier molecular flexibility index (Phi) is 5.81. The van der Waals surface area contributed by atoms with Crippen LogP contribution >= 0.6 is 11.3 Å². The van der Waals surface area contributed by atoms with Gasteiger partial charge in [-0.2, -0.15) is 0 Å². The van der Waals surface area contributed by atoms with Crippen LogP contribution in [0.2, 0.25) is 0 Å². The monoisotopic (exact) mass is 394 g/mol. The quantitative estimate of drug-likeness (QED) is 0.651. The summed E-state index contributed by atoms with van der Waals surface area (Å²) in [6.07, 6.45) is 1.63. The number of hydrogen-bond donors (Lipinski definition) is 0. The van der Waals surface area contributed by atoms with Gasteiger partial charge in [-0.05, 0) is 0 Å². The highest BCUT2D eigenvalue weighted by molar-refractivity contribution is 7.13. The molecule has 2 fully saturated rings. The van der Waals surface area contributed by atoms with Crippen molar-refractivity contribution in [2.24, 2.45) is 0 Å². The van der Waals surface area contributed by atoms with Crippen molar-refractivity contribution in [1.29, 1.82) is 0 Å². The highest BCUT2D eigenvalue weighted by atomic mass is 32.1. The summed E-state index contributed by atoms with van der Waals surface area (Å²) in [6.45, 7) is 9.60. The second kappa shape index (κ2) is 7.93. The second-order valence-electron chi connectivity index (χ2n) is 7.77. The zero-order valence-electron chi connectivity index (χ0n) is 16.1. The molecule has 3 heterocycles. The smallest absolute Gasteiger partial charge is 0.312 e. The summed E-state index contributed by atoms with van der Waals surface area (Å²) in [7, 11) is 0. The molecule has 27 heavy (non-hydrogen) atoms. The molecule has 0 aromatic carbocycles. The predicted octanol–water partition coefficient (Wildman–Crippen LogP) is 0.584. The molecular weight excluding hydrogens is 368 g/mol. The van der Waals surface area contributed by atoms with Gasteiger partial charge in [-0.1, -0.05) is 20.8 Å². The minimum Gasteiger partial charge on any atom is -0.378 e. The van der Waals surface area contributed by atoms with Crippen LogP contribution in [0.5, 0.6) is 0 Å². The summed E-state index contributed by atoms with van der Waals surface area (Å²) in [5.74, 6) is -1.03. The van der Waals surface area contributed by atoms with Crippen molar-refractivity contribution < 1.29 is 19.1 Å². The Labute approximate surface area is 163 Å². The molecule has 2 saturated heterocycles. The van der Waals surface area contributed by atoms with Gasteiger partial charge in [0.05, 0.1) is 24.4 Å². The standard InChI is InChI=1S/C18H26N4O4S/c1-18(2,3)17-19-12-13(27-17)14(23)20-4-6-21(7-5-20)15(24)16(25)22-8-10-26-11-9-22/h12H,4-11H2,1-3H3. The molecule has 0 aliphatic carbocycles. The van der Waals surface area contributed by atoms with Gasteiger partial charge in [0, 0.05) is 44.7 Å². The topological polar surface area (TPSA) is 83.1 Å². The molecule has 0 saturated carbocycles. The number of hydrogen-bond acceptors (Lipinski definition) is 6. The third kappa shape index (κ3) is 4.47. The Bertz CT molecular complexity index is 713. The largest absolute Gasteiger partial charge is 0.378 e. The van der Waals surface area contributed by atoms with E-state index >= 15 is 0 Å². The van der Waals surface area contributed by atoms with E-state index < -0.39 is 11.8 Å². The molecule has 1 aromatic rings. The van der Waals surface area contributed by atoms with Gasteiger partial charge in [-0.25, -0.2) is 4.98 Å². The first kappa shape index (κ1) is 19.8. The van der Waals surface area contributed by atoms with Crippen LogP contribution in [0, 0.1) is 0 Å². The van der Waals surface area contributed by atoms with E-state index in [0.29, 0.717) is 57.4 Å². The normalized spacial score (nSPS) is 18.6. The average Bonchev–Trinajstić information content (AvgIpc) is 3.18. The molecule has 8 nitrogen and oxygen atoms in total. The Hall–Kier alpha value is -2.00. The average molecular weight is 394 g/mol. The van der Waals surface area contributed by atoms with E-state index in [1.807, 2.05) is 0 Å². The summed E-state index contributed by atoms with van der Waals surface area (Å²) < 4.78 is 5.21. The van der Waals surface area contributed by atoms with Crippen LogP contribution in [0.15, 0.2) is 6.20 Å². The van der Waals surface area contributed by atoms with E-state index in [2.05, 4.69) is 25.8 Å². The summed E-state index contributed by atoms with van der Waals surface area (Å²) in [6, 6.07) is 0. The van der Waals surface area contributed by atoms with Gasteiger partial charge in [0.25, 0.3) is 5.91 Å². The molecule has 0 radical (unpaired) electrons. The number of ether oxygens (including phenoxy) is 1.